The summed E-state index contributed by atoms with van der Waals surface area (Å²) in [7, 11) is 0. The van der Waals surface area contributed by atoms with Gasteiger partial charge < -0.3 is 5.73 Å². The predicted molar refractivity (Wildman–Crippen MR) is 92.8 cm³/mol. The Morgan fingerprint density at radius 2 is 1.91 bits per heavy atom. The number of pyridine rings is 2. The van der Waals surface area contributed by atoms with Crippen molar-refractivity contribution in [2.45, 2.75) is 12.8 Å². The third-order valence-electron chi connectivity index (χ3n) is 3.53. The molecule has 0 saturated heterocycles. The van der Waals surface area contributed by atoms with Crippen molar-refractivity contribution in [2.75, 3.05) is 5.73 Å². The van der Waals surface area contributed by atoms with Crippen molar-refractivity contribution in [1.29, 1.82) is 0 Å². The Morgan fingerprint density at radius 1 is 1.09 bits per heavy atom. The van der Waals surface area contributed by atoms with Gasteiger partial charge in [0.25, 0.3) is 0 Å². The predicted octanol–water partition coefficient (Wildman–Crippen LogP) is 3.87. The van der Waals surface area contributed by atoms with Crippen LogP contribution < -0.4 is 5.73 Å². The Balaban J connectivity index is 1.78. The molecule has 116 valence electrons. The van der Waals surface area contributed by atoms with Gasteiger partial charge in [0.05, 0.1) is 16.2 Å². The number of benzene rings is 1. The summed E-state index contributed by atoms with van der Waals surface area (Å²) in [6.45, 7) is 0. The number of carbonyl (C=O) groups excluding carboxylic acids is 1. The largest absolute Gasteiger partial charge is 0.396 e. The highest BCUT2D eigenvalue weighted by Gasteiger charge is 2.11. The van der Waals surface area contributed by atoms with E-state index in [0.29, 0.717) is 22.7 Å². The van der Waals surface area contributed by atoms with E-state index in [1.165, 1.54) is 0 Å². The van der Waals surface area contributed by atoms with E-state index >= 15 is 0 Å². The number of fused-ring (bicyclic) bond motifs is 1. The number of anilines is 1. The van der Waals surface area contributed by atoms with Crippen LogP contribution in [0.15, 0.2) is 42.7 Å². The van der Waals surface area contributed by atoms with Crippen LogP contribution in [-0.4, -0.2) is 15.8 Å². The number of nitrogens with two attached hydrogens (primary N) is 1. The lowest BCUT2D eigenvalue weighted by Crippen LogP contribution is -2.09. The van der Waals surface area contributed by atoms with E-state index in [1.54, 1.807) is 18.5 Å². The van der Waals surface area contributed by atoms with Gasteiger partial charge in [0.15, 0.2) is 5.15 Å². The Bertz CT molecular complexity index is 896. The number of nitrogens with zero attached hydrogens (tertiary/aromatic N) is 2. The lowest BCUT2D eigenvalue weighted by atomic mass is 10.0. The SMILES string of the molecule is Nc1c(CC(=O)Cc2ccc3ncc(Cl)cc3c2)ccnc1Cl. The van der Waals surface area contributed by atoms with Crippen LogP contribution in [0.25, 0.3) is 10.9 Å². The molecule has 0 saturated carbocycles. The van der Waals surface area contributed by atoms with Gasteiger partial charge in [-0.3, -0.25) is 9.78 Å². The minimum atomic E-state index is 0.0494. The molecule has 3 rings (SSSR count). The number of carbonyl (C=O) groups is 1. The van der Waals surface area contributed by atoms with Crippen molar-refractivity contribution < 1.29 is 4.79 Å². The molecule has 6 heteroatoms. The Kier molecular flexibility index (Phi) is 4.46. The van der Waals surface area contributed by atoms with Crippen molar-refractivity contribution in [2.24, 2.45) is 0 Å². The molecule has 3 aromatic rings. The first kappa shape index (κ1) is 15.7. The third-order valence-corrected chi connectivity index (χ3v) is 4.04. The smallest absolute Gasteiger partial charge is 0.152 e. The van der Waals surface area contributed by atoms with Crippen molar-refractivity contribution in [3.63, 3.8) is 0 Å². The van der Waals surface area contributed by atoms with Crippen LogP contribution in [0, 0.1) is 0 Å². The maximum absolute atomic E-state index is 12.3. The average Bonchev–Trinajstić information content (AvgIpc) is 2.51. The number of Topliss-reactive ketones (excluding diaryl/α,β-unsaturated/α-hetero) is 1. The lowest BCUT2D eigenvalue weighted by Gasteiger charge is -2.07. The molecule has 2 aromatic heterocycles. The number of hydrogen-bond acceptors (Lipinski definition) is 4. The summed E-state index contributed by atoms with van der Waals surface area (Å²) < 4.78 is 0. The summed E-state index contributed by atoms with van der Waals surface area (Å²) in [4.78, 5) is 20.4. The van der Waals surface area contributed by atoms with E-state index in [4.69, 9.17) is 28.9 Å². The van der Waals surface area contributed by atoms with Crippen molar-refractivity contribution in [1.82, 2.24) is 9.97 Å². The third kappa shape index (κ3) is 3.60. The van der Waals surface area contributed by atoms with Gasteiger partial charge >= 0.3 is 0 Å². The molecule has 2 heterocycles. The quantitative estimate of drug-likeness (QED) is 0.728. The Labute approximate surface area is 143 Å². The second-order valence-electron chi connectivity index (χ2n) is 5.25. The first-order valence-corrected chi connectivity index (χ1v) is 7.73. The maximum Gasteiger partial charge on any atom is 0.152 e. The number of halogens is 2. The van der Waals surface area contributed by atoms with Crippen LogP contribution in [0.1, 0.15) is 11.1 Å². The topological polar surface area (TPSA) is 68.9 Å². The summed E-state index contributed by atoms with van der Waals surface area (Å²) >= 11 is 11.8. The molecule has 4 nitrogen and oxygen atoms in total. The molecule has 1 aromatic carbocycles. The molecule has 0 unspecified atom stereocenters. The standard InChI is InChI=1S/C17H13Cl2N3O/c18-13-7-12-5-10(1-2-15(12)22-9-13)6-14(23)8-11-3-4-21-17(19)16(11)20/h1-5,7,9H,6,8,20H2. The van der Waals surface area contributed by atoms with Gasteiger partial charge in [-0.25, -0.2) is 4.98 Å². The number of rotatable bonds is 4. The van der Waals surface area contributed by atoms with Crippen LogP contribution in [0.5, 0.6) is 0 Å². The van der Waals surface area contributed by atoms with Gasteiger partial charge in [-0.2, -0.15) is 0 Å². The average molecular weight is 346 g/mol. The lowest BCUT2D eigenvalue weighted by molar-refractivity contribution is -0.117. The van der Waals surface area contributed by atoms with E-state index in [0.717, 1.165) is 16.5 Å². The fourth-order valence-electron chi connectivity index (χ4n) is 2.41. The maximum atomic E-state index is 12.3. The van der Waals surface area contributed by atoms with Crippen LogP contribution >= 0.6 is 23.2 Å². The highest BCUT2D eigenvalue weighted by atomic mass is 35.5. The van der Waals surface area contributed by atoms with Crippen molar-refractivity contribution in [3.05, 3.63) is 64.0 Å². The zero-order valence-corrected chi connectivity index (χ0v) is 13.6. The molecule has 0 atom stereocenters. The van der Waals surface area contributed by atoms with Gasteiger partial charge in [-0.1, -0.05) is 29.3 Å². The Hall–Kier alpha value is -2.17. The molecule has 0 amide bonds. The fourth-order valence-corrected chi connectivity index (χ4v) is 2.75. The normalized spacial score (nSPS) is 10.9. The van der Waals surface area contributed by atoms with E-state index in [2.05, 4.69) is 9.97 Å². The molecule has 0 aliphatic rings. The summed E-state index contributed by atoms with van der Waals surface area (Å²) in [5.41, 5.74) is 8.65. The molecule has 0 bridgehead atoms. The van der Waals surface area contributed by atoms with E-state index in [1.807, 2.05) is 24.3 Å². The first-order chi connectivity index (χ1) is 11.0. The highest BCUT2D eigenvalue weighted by Crippen LogP contribution is 2.22. The van der Waals surface area contributed by atoms with Crippen LogP contribution in [0.2, 0.25) is 10.2 Å². The second-order valence-corrected chi connectivity index (χ2v) is 6.04. The fraction of sp³-hybridized carbons (Fsp3) is 0.118. The number of nitrogen functional groups attached to an aromatic ring is 1. The van der Waals surface area contributed by atoms with Crippen molar-refractivity contribution >= 4 is 45.6 Å². The number of ketones is 1. The minimum absolute atomic E-state index is 0.0494. The molecule has 2 N–H and O–H groups in total. The number of hydrogen-bond donors (Lipinski definition) is 1. The molecular weight excluding hydrogens is 333 g/mol. The molecule has 0 aliphatic carbocycles. The molecule has 0 fully saturated rings. The van der Waals surface area contributed by atoms with Gasteiger partial charge in [-0.05, 0) is 35.4 Å². The zero-order chi connectivity index (χ0) is 16.4. The van der Waals surface area contributed by atoms with Gasteiger partial charge in [-0.15, -0.1) is 0 Å². The molecule has 0 radical (unpaired) electrons. The van der Waals surface area contributed by atoms with E-state index in [9.17, 15) is 4.79 Å². The number of aromatic nitrogens is 2. The minimum Gasteiger partial charge on any atom is -0.396 e. The molecule has 0 aliphatic heterocycles. The Morgan fingerprint density at radius 3 is 2.74 bits per heavy atom. The zero-order valence-electron chi connectivity index (χ0n) is 12.1. The van der Waals surface area contributed by atoms with Crippen molar-refractivity contribution in [3.8, 4) is 0 Å². The van der Waals surface area contributed by atoms with E-state index in [-0.39, 0.29) is 17.4 Å². The molecular formula is C17H13Cl2N3O. The highest BCUT2D eigenvalue weighted by molar-refractivity contribution is 6.32. The van der Waals surface area contributed by atoms with E-state index < -0.39 is 0 Å². The van der Waals surface area contributed by atoms with Gasteiger partial charge in [0, 0.05) is 30.6 Å². The summed E-state index contributed by atoms with van der Waals surface area (Å²) in [6.07, 6.45) is 3.68. The second kappa shape index (κ2) is 6.52. The van der Waals surface area contributed by atoms with Crippen LogP contribution in [0.3, 0.4) is 0 Å². The first-order valence-electron chi connectivity index (χ1n) is 6.97. The molecule has 0 spiro atoms. The van der Waals surface area contributed by atoms with Crippen LogP contribution in [-0.2, 0) is 17.6 Å². The monoisotopic (exact) mass is 345 g/mol. The van der Waals surface area contributed by atoms with Gasteiger partial charge in [0.2, 0.25) is 0 Å². The van der Waals surface area contributed by atoms with Gasteiger partial charge in [0.1, 0.15) is 5.78 Å². The summed E-state index contributed by atoms with van der Waals surface area (Å²) in [5, 5.41) is 1.70. The van der Waals surface area contributed by atoms with Crippen LogP contribution in [0.4, 0.5) is 5.69 Å². The molecule has 23 heavy (non-hydrogen) atoms. The summed E-state index contributed by atoms with van der Waals surface area (Å²) in [5.74, 6) is 0.0494. The summed E-state index contributed by atoms with van der Waals surface area (Å²) in [6, 6.07) is 9.24.